The highest BCUT2D eigenvalue weighted by molar-refractivity contribution is 5.91. The summed E-state index contributed by atoms with van der Waals surface area (Å²) >= 11 is 0. The van der Waals surface area contributed by atoms with E-state index in [9.17, 15) is 4.79 Å². The minimum Gasteiger partial charge on any atom is -0.491 e. The zero-order valence-electron chi connectivity index (χ0n) is 16.1. The van der Waals surface area contributed by atoms with Crippen molar-refractivity contribution in [2.45, 2.75) is 6.92 Å². The number of fused-ring (bicyclic) bond motifs is 2. The lowest BCUT2D eigenvalue weighted by molar-refractivity contribution is -0.120. The molecule has 8 heteroatoms. The van der Waals surface area contributed by atoms with Gasteiger partial charge in [-0.15, -0.1) is 5.10 Å². The van der Waals surface area contributed by atoms with Crippen LogP contribution >= 0.6 is 0 Å². The van der Waals surface area contributed by atoms with Crippen LogP contribution in [0.1, 0.15) is 6.92 Å². The van der Waals surface area contributed by atoms with Gasteiger partial charge in [0.05, 0.1) is 19.9 Å². The first-order valence-electron chi connectivity index (χ1n) is 9.14. The molecule has 0 saturated carbocycles. The molecule has 0 saturated heterocycles. The van der Waals surface area contributed by atoms with Crippen LogP contribution in [0, 0.1) is 0 Å². The predicted molar refractivity (Wildman–Crippen MR) is 107 cm³/mol. The van der Waals surface area contributed by atoms with E-state index < -0.39 is 0 Å². The fourth-order valence-electron chi connectivity index (χ4n) is 2.96. The van der Waals surface area contributed by atoms with Gasteiger partial charge in [0, 0.05) is 11.5 Å². The van der Waals surface area contributed by atoms with Crippen molar-refractivity contribution in [3.8, 4) is 17.3 Å². The molecule has 148 valence electrons. The molecule has 0 atom stereocenters. The highest BCUT2D eigenvalue weighted by atomic mass is 16.5. The number of nitrogens with zero attached hydrogens (tertiary/aromatic N) is 3. The van der Waals surface area contributed by atoms with E-state index in [0.717, 1.165) is 16.7 Å². The minimum atomic E-state index is -0.288. The van der Waals surface area contributed by atoms with Crippen LogP contribution in [0.15, 0.2) is 64.9 Å². The molecule has 3 aromatic heterocycles. The van der Waals surface area contributed by atoms with E-state index in [1.165, 1.54) is 7.11 Å². The number of aromatic nitrogens is 3. The molecule has 0 aliphatic carbocycles. The number of carbonyl (C=O) groups is 1. The van der Waals surface area contributed by atoms with Crippen LogP contribution in [-0.4, -0.2) is 40.8 Å². The fourth-order valence-corrected chi connectivity index (χ4v) is 2.96. The van der Waals surface area contributed by atoms with Crippen LogP contribution < -0.4 is 10.1 Å². The second-order valence-electron chi connectivity index (χ2n) is 6.19. The lowest BCUT2D eigenvalue weighted by Crippen LogP contribution is -2.29. The molecule has 0 aliphatic heterocycles. The minimum absolute atomic E-state index is 0.262. The lowest BCUT2D eigenvalue weighted by atomic mass is 10.2. The van der Waals surface area contributed by atoms with Crippen LogP contribution in [0.4, 0.5) is 0 Å². The third-order valence-electron chi connectivity index (χ3n) is 4.36. The van der Waals surface area contributed by atoms with Crippen LogP contribution in [0.2, 0.25) is 0 Å². The molecule has 8 nitrogen and oxygen atoms in total. The SMILES string of the molecule is C/C=C(\OC)C(=O)NCCOc1ccc2ncc(-c3cc4ccccc4o3)n2n1. The number of furan rings is 1. The maximum Gasteiger partial charge on any atom is 0.286 e. The summed E-state index contributed by atoms with van der Waals surface area (Å²) < 4.78 is 18.2. The Labute approximate surface area is 166 Å². The molecular weight excluding hydrogens is 372 g/mol. The number of nitrogens with one attached hydrogen (secondary N) is 1. The number of ether oxygens (including phenoxy) is 2. The van der Waals surface area contributed by atoms with Crippen LogP contribution in [0.25, 0.3) is 28.1 Å². The third-order valence-corrected chi connectivity index (χ3v) is 4.36. The van der Waals surface area contributed by atoms with E-state index >= 15 is 0 Å². The number of hydrogen-bond donors (Lipinski definition) is 1. The fraction of sp³-hybridized carbons (Fsp3) is 0.190. The average Bonchev–Trinajstić information content (AvgIpc) is 3.35. The Balaban J connectivity index is 1.48. The van der Waals surface area contributed by atoms with Gasteiger partial charge in [0.25, 0.3) is 5.91 Å². The zero-order chi connectivity index (χ0) is 20.2. The molecule has 0 fully saturated rings. The Kier molecular flexibility index (Phi) is 5.15. The Hall–Kier alpha value is -3.81. The van der Waals surface area contributed by atoms with Gasteiger partial charge < -0.3 is 19.2 Å². The van der Waals surface area contributed by atoms with Gasteiger partial charge >= 0.3 is 0 Å². The zero-order valence-corrected chi connectivity index (χ0v) is 16.1. The van der Waals surface area contributed by atoms with Crippen molar-refractivity contribution in [2.24, 2.45) is 0 Å². The van der Waals surface area contributed by atoms with Crippen LogP contribution in [-0.2, 0) is 9.53 Å². The van der Waals surface area contributed by atoms with Gasteiger partial charge in [-0.2, -0.15) is 0 Å². The largest absolute Gasteiger partial charge is 0.491 e. The van der Waals surface area contributed by atoms with Crippen molar-refractivity contribution >= 4 is 22.5 Å². The molecule has 0 unspecified atom stereocenters. The first-order chi connectivity index (χ1) is 14.2. The molecule has 0 aliphatic rings. The van der Waals surface area contributed by atoms with Gasteiger partial charge in [-0.25, -0.2) is 9.50 Å². The van der Waals surface area contributed by atoms with Crippen molar-refractivity contribution in [3.63, 3.8) is 0 Å². The van der Waals surface area contributed by atoms with E-state index in [2.05, 4.69) is 15.4 Å². The summed E-state index contributed by atoms with van der Waals surface area (Å²) in [7, 11) is 1.45. The molecule has 29 heavy (non-hydrogen) atoms. The maximum atomic E-state index is 11.8. The molecule has 0 spiro atoms. The molecule has 4 aromatic rings. The van der Waals surface area contributed by atoms with Crippen LogP contribution in [0.5, 0.6) is 5.88 Å². The van der Waals surface area contributed by atoms with E-state index in [0.29, 0.717) is 23.8 Å². The number of allylic oxidation sites excluding steroid dienone is 1. The molecule has 1 aromatic carbocycles. The number of methoxy groups -OCH3 is 1. The molecule has 4 rings (SSSR count). The molecule has 0 radical (unpaired) electrons. The summed E-state index contributed by atoms with van der Waals surface area (Å²) in [6.07, 6.45) is 3.32. The topological polar surface area (TPSA) is 90.9 Å². The number of hydrogen-bond acceptors (Lipinski definition) is 6. The van der Waals surface area contributed by atoms with Crippen molar-refractivity contribution in [2.75, 3.05) is 20.3 Å². The average molecular weight is 392 g/mol. The van der Waals surface area contributed by atoms with E-state index in [-0.39, 0.29) is 18.3 Å². The smallest absolute Gasteiger partial charge is 0.286 e. The van der Waals surface area contributed by atoms with Crippen molar-refractivity contribution in [1.29, 1.82) is 0 Å². The number of amides is 1. The second kappa shape index (κ2) is 8.05. The van der Waals surface area contributed by atoms with Gasteiger partial charge in [0.1, 0.15) is 17.9 Å². The van der Waals surface area contributed by atoms with E-state index in [4.69, 9.17) is 13.9 Å². The highest BCUT2D eigenvalue weighted by Crippen LogP contribution is 2.28. The molecule has 1 amide bonds. The van der Waals surface area contributed by atoms with Gasteiger partial charge in [-0.05, 0) is 31.2 Å². The van der Waals surface area contributed by atoms with Crippen molar-refractivity contribution in [1.82, 2.24) is 19.9 Å². The first-order valence-corrected chi connectivity index (χ1v) is 9.14. The van der Waals surface area contributed by atoms with Crippen molar-refractivity contribution in [3.05, 3.63) is 60.5 Å². The quantitative estimate of drug-likeness (QED) is 0.295. The molecule has 0 bridgehead atoms. The summed E-state index contributed by atoms with van der Waals surface area (Å²) in [6, 6.07) is 13.3. The summed E-state index contributed by atoms with van der Waals surface area (Å²) in [4.78, 5) is 16.2. The van der Waals surface area contributed by atoms with Crippen LogP contribution in [0.3, 0.4) is 0 Å². The predicted octanol–water partition coefficient (Wildman–Crippen LogP) is 3.19. The van der Waals surface area contributed by atoms with Gasteiger partial charge in [-0.3, -0.25) is 4.79 Å². The summed E-state index contributed by atoms with van der Waals surface area (Å²) in [6.45, 7) is 2.32. The van der Waals surface area contributed by atoms with Gasteiger partial charge in [0.2, 0.25) is 5.88 Å². The summed E-state index contributed by atoms with van der Waals surface area (Å²) in [5.74, 6) is 1.07. The molecule has 3 heterocycles. The normalized spacial score (nSPS) is 11.7. The maximum absolute atomic E-state index is 11.8. The summed E-state index contributed by atoms with van der Waals surface area (Å²) in [5, 5.41) is 8.22. The third kappa shape index (κ3) is 3.77. The van der Waals surface area contributed by atoms with Crippen molar-refractivity contribution < 1.29 is 18.7 Å². The molecule has 1 N–H and O–H groups in total. The lowest BCUT2D eigenvalue weighted by Gasteiger charge is -2.09. The summed E-state index contributed by atoms with van der Waals surface area (Å²) in [5.41, 5.74) is 2.21. The number of para-hydroxylation sites is 1. The van der Waals surface area contributed by atoms with E-state index in [1.807, 2.05) is 36.4 Å². The van der Waals surface area contributed by atoms with E-state index in [1.54, 1.807) is 29.8 Å². The monoisotopic (exact) mass is 392 g/mol. The number of benzene rings is 1. The number of rotatable bonds is 7. The standard InChI is InChI=1S/C21H20N4O4/c1-3-16(27-2)21(26)22-10-11-28-20-9-8-19-23-13-15(25(19)24-20)18-12-14-6-4-5-7-17(14)29-18/h3-9,12-13H,10-11H2,1-2H3,(H,22,26)/b16-3-. The number of carbonyl (C=O) groups excluding carboxylic acids is 1. The van der Waals surface area contributed by atoms with Gasteiger partial charge in [0.15, 0.2) is 17.2 Å². The Morgan fingerprint density at radius 3 is 2.93 bits per heavy atom. The Bertz CT molecular complexity index is 1160. The molecular formula is C21H20N4O4. The second-order valence-corrected chi connectivity index (χ2v) is 6.19. The highest BCUT2D eigenvalue weighted by Gasteiger charge is 2.13. The van der Waals surface area contributed by atoms with Gasteiger partial charge in [-0.1, -0.05) is 18.2 Å². The first kappa shape index (κ1) is 18.5. The Morgan fingerprint density at radius 2 is 2.14 bits per heavy atom. The Morgan fingerprint density at radius 1 is 1.28 bits per heavy atom. The number of imidazole rings is 1.